The van der Waals surface area contributed by atoms with Gasteiger partial charge >= 0.3 is 0 Å². The molecule has 0 spiro atoms. The van der Waals surface area contributed by atoms with E-state index in [1.807, 2.05) is 57.2 Å². The fourth-order valence-electron chi connectivity index (χ4n) is 2.22. The van der Waals surface area contributed by atoms with Gasteiger partial charge in [0.1, 0.15) is 19.0 Å². The molecule has 3 nitrogen and oxygen atoms in total. The zero-order valence-electron chi connectivity index (χ0n) is 13.1. The number of hydrogen-bond donors (Lipinski definition) is 0. The maximum absolute atomic E-state index is 5.82. The van der Waals surface area contributed by atoms with Crippen molar-refractivity contribution >= 4 is 0 Å². The van der Waals surface area contributed by atoms with Crippen molar-refractivity contribution in [2.45, 2.75) is 20.8 Å². The van der Waals surface area contributed by atoms with Crippen LogP contribution in [0.3, 0.4) is 0 Å². The second-order valence-corrected chi connectivity index (χ2v) is 5.07. The average molecular weight is 286 g/mol. The maximum Gasteiger partial charge on any atom is 0.161 e. The van der Waals surface area contributed by atoms with Crippen LogP contribution >= 0.6 is 0 Å². The van der Waals surface area contributed by atoms with E-state index in [2.05, 4.69) is 0 Å². The standard InChI is InChI=1S/C18H22O3/c1-13-8-9-16(17(12-13)19-4)20-10-11-21-18-14(2)6-5-7-15(18)3/h5-9,12H,10-11H2,1-4H3. The van der Waals surface area contributed by atoms with E-state index in [4.69, 9.17) is 14.2 Å². The molecule has 2 rings (SSSR count). The highest BCUT2D eigenvalue weighted by Crippen LogP contribution is 2.28. The number of aryl methyl sites for hydroxylation is 3. The lowest BCUT2D eigenvalue weighted by atomic mass is 10.1. The minimum atomic E-state index is 0.479. The normalized spacial score (nSPS) is 10.3. The second-order valence-electron chi connectivity index (χ2n) is 5.07. The molecule has 0 bridgehead atoms. The molecule has 2 aromatic rings. The van der Waals surface area contributed by atoms with Gasteiger partial charge in [0.2, 0.25) is 0 Å². The van der Waals surface area contributed by atoms with Crippen LogP contribution in [0.25, 0.3) is 0 Å². The molecule has 0 saturated carbocycles. The van der Waals surface area contributed by atoms with Gasteiger partial charge in [0.25, 0.3) is 0 Å². The Morgan fingerprint density at radius 2 is 1.48 bits per heavy atom. The van der Waals surface area contributed by atoms with Crippen molar-refractivity contribution in [2.75, 3.05) is 20.3 Å². The molecule has 2 aromatic carbocycles. The molecule has 0 radical (unpaired) electrons. The van der Waals surface area contributed by atoms with E-state index in [9.17, 15) is 0 Å². The van der Waals surface area contributed by atoms with Gasteiger partial charge in [-0.3, -0.25) is 0 Å². The van der Waals surface area contributed by atoms with E-state index >= 15 is 0 Å². The molecule has 0 aliphatic heterocycles. The monoisotopic (exact) mass is 286 g/mol. The first-order valence-corrected chi connectivity index (χ1v) is 7.08. The Kier molecular flexibility index (Phi) is 5.09. The van der Waals surface area contributed by atoms with Gasteiger partial charge in [-0.15, -0.1) is 0 Å². The van der Waals surface area contributed by atoms with Gasteiger partial charge in [0, 0.05) is 0 Å². The summed E-state index contributed by atoms with van der Waals surface area (Å²) in [6.07, 6.45) is 0. The molecule has 112 valence electrons. The van der Waals surface area contributed by atoms with E-state index in [1.165, 1.54) is 0 Å². The van der Waals surface area contributed by atoms with E-state index < -0.39 is 0 Å². The minimum Gasteiger partial charge on any atom is -0.493 e. The molecule has 0 saturated heterocycles. The Morgan fingerprint density at radius 1 is 0.810 bits per heavy atom. The van der Waals surface area contributed by atoms with Crippen LogP contribution in [0.5, 0.6) is 17.2 Å². The van der Waals surface area contributed by atoms with Crippen LogP contribution in [0, 0.1) is 20.8 Å². The molecule has 0 fully saturated rings. The molecular formula is C18H22O3. The Hall–Kier alpha value is -2.16. The Bertz CT molecular complexity index is 585. The predicted octanol–water partition coefficient (Wildman–Crippen LogP) is 4.08. The van der Waals surface area contributed by atoms with Gasteiger partial charge < -0.3 is 14.2 Å². The Balaban J connectivity index is 1.91. The van der Waals surface area contributed by atoms with E-state index in [0.29, 0.717) is 13.2 Å². The SMILES string of the molecule is COc1cc(C)ccc1OCCOc1c(C)cccc1C. The quantitative estimate of drug-likeness (QED) is 0.749. The topological polar surface area (TPSA) is 27.7 Å². The zero-order chi connectivity index (χ0) is 15.2. The summed E-state index contributed by atoms with van der Waals surface area (Å²) in [6, 6.07) is 12.0. The van der Waals surface area contributed by atoms with Crippen molar-refractivity contribution in [3.63, 3.8) is 0 Å². The summed E-state index contributed by atoms with van der Waals surface area (Å²) >= 11 is 0. The highest BCUT2D eigenvalue weighted by Gasteiger charge is 2.06. The van der Waals surface area contributed by atoms with Crippen LogP contribution in [-0.4, -0.2) is 20.3 Å². The molecule has 0 N–H and O–H groups in total. The molecule has 0 aliphatic rings. The van der Waals surface area contributed by atoms with Gasteiger partial charge in [0.15, 0.2) is 11.5 Å². The summed E-state index contributed by atoms with van der Waals surface area (Å²) in [4.78, 5) is 0. The minimum absolute atomic E-state index is 0.479. The van der Waals surface area contributed by atoms with E-state index in [-0.39, 0.29) is 0 Å². The van der Waals surface area contributed by atoms with Crippen molar-refractivity contribution in [1.82, 2.24) is 0 Å². The summed E-state index contributed by atoms with van der Waals surface area (Å²) in [5, 5.41) is 0. The first-order chi connectivity index (χ1) is 10.1. The summed E-state index contributed by atoms with van der Waals surface area (Å²) in [7, 11) is 1.65. The molecule has 3 heteroatoms. The van der Waals surface area contributed by atoms with Gasteiger partial charge in [-0.05, 0) is 49.6 Å². The van der Waals surface area contributed by atoms with Crippen molar-refractivity contribution in [2.24, 2.45) is 0 Å². The molecule has 0 heterocycles. The maximum atomic E-state index is 5.82. The smallest absolute Gasteiger partial charge is 0.161 e. The fraction of sp³-hybridized carbons (Fsp3) is 0.333. The van der Waals surface area contributed by atoms with Gasteiger partial charge in [-0.1, -0.05) is 24.3 Å². The largest absolute Gasteiger partial charge is 0.493 e. The van der Waals surface area contributed by atoms with E-state index in [0.717, 1.165) is 33.9 Å². The summed E-state index contributed by atoms with van der Waals surface area (Å²) in [5.41, 5.74) is 3.43. The number of hydrogen-bond acceptors (Lipinski definition) is 3. The molecule has 0 atom stereocenters. The summed E-state index contributed by atoms with van der Waals surface area (Å²) in [6.45, 7) is 7.10. The van der Waals surface area contributed by atoms with Crippen LogP contribution in [-0.2, 0) is 0 Å². The van der Waals surface area contributed by atoms with Crippen LogP contribution in [0.4, 0.5) is 0 Å². The van der Waals surface area contributed by atoms with Crippen LogP contribution < -0.4 is 14.2 Å². The number of rotatable bonds is 6. The number of methoxy groups -OCH3 is 1. The van der Waals surface area contributed by atoms with Crippen LogP contribution in [0.1, 0.15) is 16.7 Å². The molecule has 21 heavy (non-hydrogen) atoms. The number of ether oxygens (including phenoxy) is 3. The molecular weight excluding hydrogens is 264 g/mol. The highest BCUT2D eigenvalue weighted by molar-refractivity contribution is 5.42. The summed E-state index contributed by atoms with van der Waals surface area (Å²) in [5.74, 6) is 2.44. The Labute approximate surface area is 126 Å². The Morgan fingerprint density at radius 3 is 2.14 bits per heavy atom. The van der Waals surface area contributed by atoms with Crippen molar-refractivity contribution in [1.29, 1.82) is 0 Å². The average Bonchev–Trinajstić information content (AvgIpc) is 2.47. The molecule has 0 aliphatic carbocycles. The lowest BCUT2D eigenvalue weighted by Crippen LogP contribution is -2.10. The van der Waals surface area contributed by atoms with Crippen LogP contribution in [0.2, 0.25) is 0 Å². The lowest BCUT2D eigenvalue weighted by Gasteiger charge is -2.14. The lowest BCUT2D eigenvalue weighted by molar-refractivity contribution is 0.210. The fourth-order valence-corrected chi connectivity index (χ4v) is 2.22. The molecule has 0 unspecified atom stereocenters. The molecule has 0 aromatic heterocycles. The zero-order valence-corrected chi connectivity index (χ0v) is 13.1. The van der Waals surface area contributed by atoms with Crippen molar-refractivity contribution in [3.8, 4) is 17.2 Å². The third kappa shape index (κ3) is 3.91. The van der Waals surface area contributed by atoms with Gasteiger partial charge in [-0.2, -0.15) is 0 Å². The van der Waals surface area contributed by atoms with Gasteiger partial charge in [-0.25, -0.2) is 0 Å². The van der Waals surface area contributed by atoms with Crippen LogP contribution in [0.15, 0.2) is 36.4 Å². The second kappa shape index (κ2) is 7.02. The highest BCUT2D eigenvalue weighted by atomic mass is 16.5. The van der Waals surface area contributed by atoms with E-state index in [1.54, 1.807) is 7.11 Å². The number of para-hydroxylation sites is 1. The third-order valence-corrected chi connectivity index (χ3v) is 3.32. The summed E-state index contributed by atoms with van der Waals surface area (Å²) < 4.78 is 16.9. The van der Waals surface area contributed by atoms with Crippen molar-refractivity contribution in [3.05, 3.63) is 53.1 Å². The van der Waals surface area contributed by atoms with Gasteiger partial charge in [0.05, 0.1) is 7.11 Å². The number of benzene rings is 2. The first-order valence-electron chi connectivity index (χ1n) is 7.08. The first kappa shape index (κ1) is 15.2. The predicted molar refractivity (Wildman–Crippen MR) is 84.6 cm³/mol. The molecule has 0 amide bonds. The van der Waals surface area contributed by atoms with Crippen molar-refractivity contribution < 1.29 is 14.2 Å². The third-order valence-electron chi connectivity index (χ3n) is 3.32.